The zero-order valence-corrected chi connectivity index (χ0v) is 7.09. The molecule has 60 valence electrons. The van der Waals surface area contributed by atoms with Crippen LogP contribution in [0.25, 0.3) is 0 Å². The fraction of sp³-hybridized carbons (Fsp3) is 0.600. The average molecular weight is 166 g/mol. The average Bonchev–Trinajstić information content (AvgIpc) is 1.82. The molecule has 0 rings (SSSR count). The molecule has 0 aromatic heterocycles. The smallest absolute Gasteiger partial charge is 0.144 e. The van der Waals surface area contributed by atoms with Gasteiger partial charge in [-0.3, -0.25) is 4.99 Å². The molecular weight excluding hydrogens is 154 g/mol. The molecule has 0 atom stereocenters. The van der Waals surface area contributed by atoms with E-state index < -0.39 is 0 Å². The van der Waals surface area contributed by atoms with Crippen LogP contribution in [0.2, 0.25) is 0 Å². The van der Waals surface area contributed by atoms with Crippen molar-refractivity contribution in [2.75, 3.05) is 21.1 Å². The summed E-state index contributed by atoms with van der Waals surface area (Å²) in [5.41, 5.74) is 0. The Hall–Kier alpha value is -0.770. The first kappa shape index (κ1) is 12.0. The van der Waals surface area contributed by atoms with Gasteiger partial charge in [0, 0.05) is 21.1 Å². The van der Waals surface area contributed by atoms with Crippen LogP contribution in [0.4, 0.5) is 0 Å². The molecule has 0 saturated heterocycles. The Morgan fingerprint density at radius 2 is 2.00 bits per heavy atom. The number of hydrogen-bond donors (Lipinski definition) is 1. The molecule has 0 amide bonds. The van der Waals surface area contributed by atoms with Gasteiger partial charge in [0.2, 0.25) is 0 Å². The second kappa shape index (κ2) is 6.35. The standard InChI is InChI=1S/C5H11N3O.ClH/c1-6-5(4-7-9)8(2)3;/h4,9H,1-3H3;1H/b6-5?,7-4+;. The van der Waals surface area contributed by atoms with Gasteiger partial charge in [-0.25, -0.2) is 0 Å². The van der Waals surface area contributed by atoms with Crippen LogP contribution in [0.5, 0.6) is 0 Å². The first-order valence-electron chi connectivity index (χ1n) is 2.54. The summed E-state index contributed by atoms with van der Waals surface area (Å²) in [7, 11) is 5.28. The predicted octanol–water partition coefficient (Wildman–Crippen LogP) is 0.458. The number of aliphatic imine (C=N–C) groups is 1. The van der Waals surface area contributed by atoms with E-state index in [1.165, 1.54) is 6.21 Å². The van der Waals surface area contributed by atoms with Gasteiger partial charge in [0.15, 0.2) is 0 Å². The minimum absolute atomic E-state index is 0. The summed E-state index contributed by atoms with van der Waals surface area (Å²) in [5, 5.41) is 10.9. The second-order valence-electron chi connectivity index (χ2n) is 1.72. The summed E-state index contributed by atoms with van der Waals surface area (Å²) in [6.45, 7) is 0. The monoisotopic (exact) mass is 165 g/mol. The zero-order chi connectivity index (χ0) is 7.28. The van der Waals surface area contributed by atoms with Crippen molar-refractivity contribution < 1.29 is 5.21 Å². The Bertz CT molecular complexity index is 133. The third-order valence-electron chi connectivity index (χ3n) is 0.861. The SMILES string of the molecule is CN=C(/C=N/O)N(C)C.Cl. The van der Waals surface area contributed by atoms with E-state index in [1.54, 1.807) is 11.9 Å². The van der Waals surface area contributed by atoms with Gasteiger partial charge in [-0.15, -0.1) is 12.4 Å². The summed E-state index contributed by atoms with van der Waals surface area (Å²) in [6, 6.07) is 0. The molecule has 10 heavy (non-hydrogen) atoms. The van der Waals surface area contributed by atoms with Crippen molar-refractivity contribution in [3.63, 3.8) is 0 Å². The van der Waals surface area contributed by atoms with E-state index >= 15 is 0 Å². The van der Waals surface area contributed by atoms with E-state index in [2.05, 4.69) is 10.1 Å². The van der Waals surface area contributed by atoms with Gasteiger partial charge in [0.1, 0.15) is 12.1 Å². The Morgan fingerprint density at radius 1 is 1.50 bits per heavy atom. The third-order valence-corrected chi connectivity index (χ3v) is 0.861. The third kappa shape index (κ3) is 4.14. The Kier molecular flexibility index (Phi) is 7.60. The largest absolute Gasteiger partial charge is 0.411 e. The maximum Gasteiger partial charge on any atom is 0.144 e. The van der Waals surface area contributed by atoms with Gasteiger partial charge in [0.05, 0.1) is 0 Å². The van der Waals surface area contributed by atoms with Crippen molar-refractivity contribution in [1.82, 2.24) is 4.90 Å². The maximum atomic E-state index is 8.08. The maximum absolute atomic E-state index is 8.08. The van der Waals surface area contributed by atoms with Crippen molar-refractivity contribution in [2.24, 2.45) is 10.1 Å². The molecule has 0 bridgehead atoms. The molecule has 0 aliphatic rings. The first-order valence-corrected chi connectivity index (χ1v) is 2.54. The van der Waals surface area contributed by atoms with Crippen molar-refractivity contribution in [1.29, 1.82) is 0 Å². The van der Waals surface area contributed by atoms with E-state index in [9.17, 15) is 0 Å². The highest BCUT2D eigenvalue weighted by atomic mass is 35.5. The Morgan fingerprint density at radius 3 is 2.10 bits per heavy atom. The molecule has 0 unspecified atom stereocenters. The highest BCUT2D eigenvalue weighted by Crippen LogP contribution is 1.77. The number of oxime groups is 1. The molecule has 0 saturated carbocycles. The fourth-order valence-electron chi connectivity index (χ4n) is 0.425. The van der Waals surface area contributed by atoms with Crippen molar-refractivity contribution >= 4 is 24.5 Å². The normalized spacial score (nSPS) is 11.3. The zero-order valence-electron chi connectivity index (χ0n) is 6.27. The predicted molar refractivity (Wildman–Crippen MR) is 44.6 cm³/mol. The van der Waals surface area contributed by atoms with E-state index in [0.29, 0.717) is 5.84 Å². The minimum Gasteiger partial charge on any atom is -0.411 e. The second-order valence-corrected chi connectivity index (χ2v) is 1.72. The summed E-state index contributed by atoms with van der Waals surface area (Å²) in [4.78, 5) is 5.56. The molecule has 0 spiro atoms. The van der Waals surface area contributed by atoms with Gasteiger partial charge in [0.25, 0.3) is 0 Å². The summed E-state index contributed by atoms with van der Waals surface area (Å²) < 4.78 is 0. The molecule has 0 radical (unpaired) electrons. The van der Waals surface area contributed by atoms with Gasteiger partial charge >= 0.3 is 0 Å². The van der Waals surface area contributed by atoms with Crippen molar-refractivity contribution in [3.8, 4) is 0 Å². The van der Waals surface area contributed by atoms with E-state index in [1.807, 2.05) is 14.1 Å². The number of hydrogen-bond acceptors (Lipinski definition) is 3. The van der Waals surface area contributed by atoms with Crippen LogP contribution in [-0.4, -0.2) is 43.3 Å². The van der Waals surface area contributed by atoms with Gasteiger partial charge in [-0.2, -0.15) is 0 Å². The molecule has 1 N–H and O–H groups in total. The molecule has 0 heterocycles. The topological polar surface area (TPSA) is 48.2 Å². The van der Waals surface area contributed by atoms with Gasteiger partial charge in [-0.1, -0.05) is 5.16 Å². The lowest BCUT2D eigenvalue weighted by Crippen LogP contribution is -2.22. The van der Waals surface area contributed by atoms with E-state index in [4.69, 9.17) is 5.21 Å². The summed E-state index contributed by atoms with van der Waals surface area (Å²) >= 11 is 0. The Balaban J connectivity index is 0. The van der Waals surface area contributed by atoms with Crippen LogP contribution in [0.1, 0.15) is 0 Å². The molecule has 0 aromatic rings. The van der Waals surface area contributed by atoms with Crippen LogP contribution in [0.15, 0.2) is 10.1 Å². The van der Waals surface area contributed by atoms with Crippen molar-refractivity contribution in [3.05, 3.63) is 0 Å². The quantitative estimate of drug-likeness (QED) is 0.266. The molecule has 0 fully saturated rings. The van der Waals surface area contributed by atoms with E-state index in [-0.39, 0.29) is 12.4 Å². The van der Waals surface area contributed by atoms with Gasteiger partial charge < -0.3 is 10.1 Å². The molecular formula is C5H12ClN3O. The lowest BCUT2D eigenvalue weighted by atomic mass is 10.6. The van der Waals surface area contributed by atoms with Gasteiger partial charge in [-0.05, 0) is 0 Å². The minimum atomic E-state index is 0. The fourth-order valence-corrected chi connectivity index (χ4v) is 0.425. The number of amidine groups is 1. The lowest BCUT2D eigenvalue weighted by Gasteiger charge is -2.08. The lowest BCUT2D eigenvalue weighted by molar-refractivity contribution is 0.322. The number of halogens is 1. The summed E-state index contributed by atoms with van der Waals surface area (Å²) in [5.74, 6) is 0.637. The van der Waals surface area contributed by atoms with Crippen LogP contribution in [0, 0.1) is 0 Å². The van der Waals surface area contributed by atoms with Crippen LogP contribution in [0.3, 0.4) is 0 Å². The molecule has 0 aliphatic carbocycles. The molecule has 0 aromatic carbocycles. The first-order chi connectivity index (χ1) is 4.22. The van der Waals surface area contributed by atoms with Crippen molar-refractivity contribution in [2.45, 2.75) is 0 Å². The Labute approximate surface area is 66.7 Å². The van der Waals surface area contributed by atoms with Crippen LogP contribution in [-0.2, 0) is 0 Å². The number of rotatable bonds is 1. The van der Waals surface area contributed by atoms with E-state index in [0.717, 1.165) is 0 Å². The molecule has 4 nitrogen and oxygen atoms in total. The molecule has 0 aliphatic heterocycles. The van der Waals surface area contributed by atoms with Crippen LogP contribution < -0.4 is 0 Å². The highest BCUT2D eigenvalue weighted by molar-refractivity contribution is 6.28. The number of nitrogens with zero attached hydrogens (tertiary/aromatic N) is 3. The highest BCUT2D eigenvalue weighted by Gasteiger charge is 1.92. The molecule has 5 heteroatoms. The summed E-state index contributed by atoms with van der Waals surface area (Å²) in [6.07, 6.45) is 1.28. The van der Waals surface area contributed by atoms with Crippen LogP contribution >= 0.6 is 12.4 Å².